The van der Waals surface area contributed by atoms with Crippen LogP contribution in [0, 0.1) is 5.41 Å². The fourth-order valence-corrected chi connectivity index (χ4v) is 3.69. The zero-order valence-corrected chi connectivity index (χ0v) is 16.3. The van der Waals surface area contributed by atoms with Gasteiger partial charge in [0.15, 0.2) is 5.78 Å². The molecule has 0 aliphatic carbocycles. The number of carbonyl (C=O) groups excluding carboxylic acids is 2. The summed E-state index contributed by atoms with van der Waals surface area (Å²) in [5.74, 6) is -0.252. The molecule has 0 saturated carbocycles. The second-order valence-corrected chi connectivity index (χ2v) is 7.90. The number of piperidine rings is 2. The number of rotatable bonds is 1. The summed E-state index contributed by atoms with van der Waals surface area (Å²) in [5, 5.41) is 12.0. The number of Topliss-reactive ketones (excluding diaryl/α,β-unsaturated/α-hetero) is 1. The van der Waals surface area contributed by atoms with Gasteiger partial charge in [0.1, 0.15) is 0 Å². The van der Waals surface area contributed by atoms with Crippen LogP contribution in [0.1, 0.15) is 23.2 Å². The van der Waals surface area contributed by atoms with Crippen molar-refractivity contribution < 1.29 is 9.59 Å². The number of amides is 1. The SMILES string of the molecule is N=C1CCN(C(=O)c2ccc(Cl)c(Cl)c2)C/C1=C1/NCCC(Br)C1=O. The minimum Gasteiger partial charge on any atom is -0.382 e. The topological polar surface area (TPSA) is 73.3 Å². The summed E-state index contributed by atoms with van der Waals surface area (Å²) in [6.45, 7) is 1.32. The third-order valence-electron chi connectivity index (χ3n) is 4.33. The van der Waals surface area contributed by atoms with E-state index in [2.05, 4.69) is 21.2 Å². The van der Waals surface area contributed by atoms with Crippen molar-refractivity contribution in [3.63, 3.8) is 0 Å². The molecule has 0 radical (unpaired) electrons. The van der Waals surface area contributed by atoms with E-state index in [4.69, 9.17) is 28.6 Å². The molecular formula is C17H16BrCl2N3O2. The van der Waals surface area contributed by atoms with Crippen LogP contribution in [-0.4, -0.2) is 46.8 Å². The van der Waals surface area contributed by atoms with Crippen molar-refractivity contribution in [1.82, 2.24) is 10.2 Å². The summed E-state index contributed by atoms with van der Waals surface area (Å²) in [6, 6.07) is 4.75. The van der Waals surface area contributed by atoms with Crippen LogP contribution >= 0.6 is 39.1 Å². The van der Waals surface area contributed by atoms with Crippen LogP contribution in [0.2, 0.25) is 10.0 Å². The maximum absolute atomic E-state index is 12.8. The number of hydrogen-bond acceptors (Lipinski definition) is 4. The number of nitrogens with one attached hydrogen (secondary N) is 2. The molecule has 0 spiro atoms. The molecule has 2 N–H and O–H groups in total. The van der Waals surface area contributed by atoms with Gasteiger partial charge >= 0.3 is 0 Å². The van der Waals surface area contributed by atoms with Crippen LogP contribution < -0.4 is 5.32 Å². The van der Waals surface area contributed by atoms with Gasteiger partial charge in [-0.2, -0.15) is 0 Å². The lowest BCUT2D eigenvalue weighted by atomic mass is 9.94. The van der Waals surface area contributed by atoms with Gasteiger partial charge in [0.2, 0.25) is 0 Å². The van der Waals surface area contributed by atoms with Crippen LogP contribution in [-0.2, 0) is 4.79 Å². The number of ketones is 1. The maximum atomic E-state index is 12.8. The Morgan fingerprint density at radius 2 is 2.08 bits per heavy atom. The Morgan fingerprint density at radius 1 is 1.32 bits per heavy atom. The lowest BCUT2D eigenvalue weighted by Crippen LogP contribution is -2.44. The minimum atomic E-state index is -0.245. The van der Waals surface area contributed by atoms with Crippen LogP contribution in [0.3, 0.4) is 0 Å². The number of likely N-dealkylation sites (tertiary alicyclic amines) is 1. The van der Waals surface area contributed by atoms with E-state index in [-0.39, 0.29) is 23.1 Å². The van der Waals surface area contributed by atoms with Crippen LogP contribution in [0.4, 0.5) is 0 Å². The van der Waals surface area contributed by atoms with Crippen LogP contribution in [0.15, 0.2) is 29.5 Å². The minimum absolute atomic E-state index is 0.0603. The van der Waals surface area contributed by atoms with Gasteiger partial charge in [-0.3, -0.25) is 9.59 Å². The highest BCUT2D eigenvalue weighted by Crippen LogP contribution is 2.26. The van der Waals surface area contributed by atoms with E-state index < -0.39 is 0 Å². The van der Waals surface area contributed by atoms with Crippen molar-refractivity contribution in [1.29, 1.82) is 5.41 Å². The zero-order chi connectivity index (χ0) is 18.1. The van der Waals surface area contributed by atoms with Gasteiger partial charge in [-0.05, 0) is 24.6 Å². The molecule has 132 valence electrons. The molecule has 2 aliphatic heterocycles. The molecule has 2 saturated heterocycles. The van der Waals surface area contributed by atoms with E-state index in [9.17, 15) is 9.59 Å². The lowest BCUT2D eigenvalue weighted by Gasteiger charge is -2.32. The number of allylic oxidation sites excluding steroid dienone is 1. The second-order valence-electron chi connectivity index (χ2n) is 5.98. The van der Waals surface area contributed by atoms with E-state index in [1.165, 1.54) is 6.07 Å². The van der Waals surface area contributed by atoms with Gasteiger partial charge in [-0.1, -0.05) is 39.1 Å². The first-order valence-corrected chi connectivity index (χ1v) is 9.53. The fourth-order valence-electron chi connectivity index (χ4n) is 2.93. The summed E-state index contributed by atoms with van der Waals surface area (Å²) >= 11 is 15.3. The maximum Gasteiger partial charge on any atom is 0.254 e. The smallest absolute Gasteiger partial charge is 0.254 e. The van der Waals surface area contributed by atoms with E-state index in [0.717, 1.165) is 0 Å². The monoisotopic (exact) mass is 443 g/mol. The van der Waals surface area contributed by atoms with Gasteiger partial charge in [-0.25, -0.2) is 0 Å². The molecular weight excluding hydrogens is 429 g/mol. The van der Waals surface area contributed by atoms with Crippen molar-refractivity contribution in [2.24, 2.45) is 0 Å². The largest absolute Gasteiger partial charge is 0.382 e. The molecule has 5 nitrogen and oxygen atoms in total. The Bertz CT molecular complexity index is 794. The molecule has 1 aromatic carbocycles. The third kappa shape index (κ3) is 3.76. The first-order valence-electron chi connectivity index (χ1n) is 7.86. The number of nitrogens with zero attached hydrogens (tertiary/aromatic N) is 1. The summed E-state index contributed by atoms with van der Waals surface area (Å²) in [6.07, 6.45) is 1.11. The average Bonchev–Trinajstić information content (AvgIpc) is 2.60. The summed E-state index contributed by atoms with van der Waals surface area (Å²) in [7, 11) is 0. The van der Waals surface area contributed by atoms with Crippen molar-refractivity contribution in [2.45, 2.75) is 17.7 Å². The molecule has 1 aromatic rings. The van der Waals surface area contributed by atoms with Gasteiger partial charge in [0, 0.05) is 42.9 Å². The fraction of sp³-hybridized carbons (Fsp3) is 0.353. The predicted molar refractivity (Wildman–Crippen MR) is 102 cm³/mol. The quantitative estimate of drug-likeness (QED) is 0.514. The number of carbonyl (C=O) groups is 2. The molecule has 1 unspecified atom stereocenters. The number of benzene rings is 1. The van der Waals surface area contributed by atoms with Gasteiger partial charge in [0.25, 0.3) is 5.91 Å². The number of halogens is 3. The highest BCUT2D eigenvalue weighted by Gasteiger charge is 2.32. The summed E-state index contributed by atoms with van der Waals surface area (Å²) < 4.78 is 0. The molecule has 3 rings (SSSR count). The molecule has 8 heteroatoms. The Morgan fingerprint density at radius 3 is 2.80 bits per heavy atom. The van der Waals surface area contributed by atoms with Crippen molar-refractivity contribution in [3.8, 4) is 0 Å². The van der Waals surface area contributed by atoms with Crippen molar-refractivity contribution in [3.05, 3.63) is 45.1 Å². The normalized spacial score (nSPS) is 24.3. The standard InChI is InChI=1S/C17H16BrCl2N3O2/c18-11-3-5-22-15(16(11)24)10-8-23(6-4-14(10)21)17(25)9-1-2-12(19)13(20)7-9/h1-2,7,11,21-22H,3-6,8H2/b15-10-,21-14?. The van der Waals surface area contributed by atoms with Gasteiger partial charge < -0.3 is 15.6 Å². The highest BCUT2D eigenvalue weighted by molar-refractivity contribution is 9.10. The molecule has 0 bridgehead atoms. The lowest BCUT2D eigenvalue weighted by molar-refractivity contribution is -0.116. The van der Waals surface area contributed by atoms with E-state index in [1.807, 2.05) is 0 Å². The van der Waals surface area contributed by atoms with E-state index >= 15 is 0 Å². The van der Waals surface area contributed by atoms with E-state index in [0.29, 0.717) is 58.5 Å². The Hall–Kier alpha value is -1.37. The zero-order valence-electron chi connectivity index (χ0n) is 13.2. The second kappa shape index (κ2) is 7.48. The number of alkyl halides is 1. The first kappa shape index (κ1) is 18.4. The molecule has 0 aromatic heterocycles. The Labute approximate surface area is 164 Å². The van der Waals surface area contributed by atoms with Crippen LogP contribution in [0.25, 0.3) is 0 Å². The van der Waals surface area contributed by atoms with Crippen LogP contribution in [0.5, 0.6) is 0 Å². The van der Waals surface area contributed by atoms with Gasteiger partial charge in [-0.15, -0.1) is 0 Å². The van der Waals surface area contributed by atoms with Crippen molar-refractivity contribution in [2.75, 3.05) is 19.6 Å². The Balaban J connectivity index is 1.87. The molecule has 25 heavy (non-hydrogen) atoms. The first-order chi connectivity index (χ1) is 11.9. The molecule has 1 amide bonds. The summed E-state index contributed by atoms with van der Waals surface area (Å²) in [4.78, 5) is 26.5. The third-order valence-corrected chi connectivity index (χ3v) is 5.94. The predicted octanol–water partition coefficient (Wildman–Crippen LogP) is 3.44. The average molecular weight is 445 g/mol. The van der Waals surface area contributed by atoms with Gasteiger partial charge in [0.05, 0.1) is 20.6 Å². The summed E-state index contributed by atoms with van der Waals surface area (Å²) in [5.41, 5.74) is 1.88. The highest BCUT2D eigenvalue weighted by atomic mass is 79.9. The molecule has 2 fully saturated rings. The van der Waals surface area contributed by atoms with Crippen molar-refractivity contribution >= 4 is 56.5 Å². The number of hydrogen-bond donors (Lipinski definition) is 2. The van der Waals surface area contributed by atoms with E-state index in [1.54, 1.807) is 17.0 Å². The molecule has 2 heterocycles. The molecule has 2 aliphatic rings. The Kier molecular flexibility index (Phi) is 5.51. The molecule has 1 atom stereocenters.